The molecule has 0 unspecified atom stereocenters. The number of sulfonamides is 1. The van der Waals surface area contributed by atoms with E-state index in [2.05, 4.69) is 14.9 Å². The summed E-state index contributed by atoms with van der Waals surface area (Å²) in [6, 6.07) is 21.1. The molecule has 3 aromatic carbocycles. The molecule has 0 fully saturated rings. The molecule has 0 aliphatic carbocycles. The molecule has 8 nitrogen and oxygen atoms in total. The van der Waals surface area contributed by atoms with Gasteiger partial charge in [0.2, 0.25) is 21.7 Å². The Labute approximate surface area is 203 Å². The number of nitrogens with one attached hydrogen (secondary N) is 1. The fraction of sp³-hybridized carbons (Fsp3) is 0.0870. The van der Waals surface area contributed by atoms with Gasteiger partial charge in [-0.3, -0.25) is 9.36 Å². The first-order valence-corrected chi connectivity index (χ1v) is 12.8. The van der Waals surface area contributed by atoms with Crippen LogP contribution in [0.1, 0.15) is 11.5 Å². The van der Waals surface area contributed by atoms with Crippen LogP contribution >= 0.6 is 22.9 Å². The number of rotatable bonds is 7. The summed E-state index contributed by atoms with van der Waals surface area (Å²) in [4.78, 5) is 16.7. The lowest BCUT2D eigenvalue weighted by Gasteiger charge is -2.07. The van der Waals surface area contributed by atoms with Crippen molar-refractivity contribution >= 4 is 43.2 Å². The van der Waals surface area contributed by atoms with Crippen molar-refractivity contribution in [1.82, 2.24) is 19.4 Å². The minimum absolute atomic E-state index is 0.0442. The van der Waals surface area contributed by atoms with Crippen LogP contribution in [0.15, 0.2) is 87.0 Å². The molecule has 2 heterocycles. The molecule has 0 radical (unpaired) electrons. The lowest BCUT2D eigenvalue weighted by molar-refractivity contribution is 0.376. The quantitative estimate of drug-likeness (QED) is 0.348. The standard InChI is InChI=1S/C23H17ClN4O4S2/c24-17-8-6-15(7-9-17)14-28-19-11-10-18(12-20(19)33-23(28)29)34(30,31)25-13-21-26-22(27-32-21)16-4-2-1-3-5-16/h1-12,25H,13-14H2. The Morgan fingerprint density at radius 1 is 1.03 bits per heavy atom. The molecule has 0 spiro atoms. The zero-order chi connectivity index (χ0) is 23.7. The van der Waals surface area contributed by atoms with E-state index >= 15 is 0 Å². The monoisotopic (exact) mass is 512 g/mol. The SMILES string of the molecule is O=c1sc2cc(S(=O)(=O)NCc3nc(-c4ccccc4)no3)ccc2n1Cc1ccc(Cl)cc1. The van der Waals surface area contributed by atoms with Crippen LogP contribution < -0.4 is 9.60 Å². The number of aromatic nitrogens is 3. The number of halogens is 1. The fourth-order valence-electron chi connectivity index (χ4n) is 3.41. The molecule has 172 valence electrons. The zero-order valence-corrected chi connectivity index (χ0v) is 19.9. The molecule has 5 aromatic rings. The summed E-state index contributed by atoms with van der Waals surface area (Å²) in [5, 5.41) is 4.50. The lowest BCUT2D eigenvalue weighted by atomic mass is 10.2. The number of thiazole rings is 1. The predicted octanol–water partition coefficient (Wildman–Crippen LogP) is 4.29. The number of fused-ring (bicyclic) bond motifs is 1. The lowest BCUT2D eigenvalue weighted by Crippen LogP contribution is -2.23. The van der Waals surface area contributed by atoms with E-state index in [0.29, 0.717) is 27.6 Å². The number of hydrogen-bond donors (Lipinski definition) is 1. The van der Waals surface area contributed by atoms with E-state index < -0.39 is 10.0 Å². The average Bonchev–Trinajstić information content (AvgIpc) is 3.44. The Hall–Kier alpha value is -3.31. The fourth-order valence-corrected chi connectivity index (χ4v) is 5.54. The van der Waals surface area contributed by atoms with Gasteiger partial charge in [-0.15, -0.1) is 0 Å². The Morgan fingerprint density at radius 2 is 1.79 bits per heavy atom. The van der Waals surface area contributed by atoms with Crippen molar-refractivity contribution in [2.75, 3.05) is 0 Å². The summed E-state index contributed by atoms with van der Waals surface area (Å²) < 4.78 is 35.5. The van der Waals surface area contributed by atoms with Gasteiger partial charge in [-0.25, -0.2) is 13.1 Å². The van der Waals surface area contributed by atoms with Crippen molar-refractivity contribution in [3.63, 3.8) is 0 Å². The summed E-state index contributed by atoms with van der Waals surface area (Å²) in [6.45, 7) is 0.204. The molecular weight excluding hydrogens is 496 g/mol. The topological polar surface area (TPSA) is 107 Å². The Bertz CT molecular complexity index is 1630. The van der Waals surface area contributed by atoms with Crippen LogP contribution in [0.2, 0.25) is 5.02 Å². The first-order valence-electron chi connectivity index (χ1n) is 10.1. The van der Waals surface area contributed by atoms with E-state index in [4.69, 9.17) is 16.1 Å². The normalized spacial score (nSPS) is 11.8. The van der Waals surface area contributed by atoms with Gasteiger partial charge in [0.1, 0.15) is 0 Å². The average molecular weight is 513 g/mol. The van der Waals surface area contributed by atoms with Crippen molar-refractivity contribution in [1.29, 1.82) is 0 Å². The van der Waals surface area contributed by atoms with Crippen LogP contribution in [0.5, 0.6) is 0 Å². The number of benzene rings is 3. The summed E-state index contributed by atoms with van der Waals surface area (Å²) in [6.07, 6.45) is 0. The van der Waals surface area contributed by atoms with E-state index in [9.17, 15) is 13.2 Å². The van der Waals surface area contributed by atoms with Gasteiger partial charge in [0.25, 0.3) is 0 Å². The Morgan fingerprint density at radius 3 is 2.56 bits per heavy atom. The maximum absolute atomic E-state index is 12.8. The molecule has 0 saturated heterocycles. The van der Waals surface area contributed by atoms with Gasteiger partial charge in [0.15, 0.2) is 0 Å². The molecule has 34 heavy (non-hydrogen) atoms. The predicted molar refractivity (Wildman–Crippen MR) is 130 cm³/mol. The van der Waals surface area contributed by atoms with Crippen LogP contribution in [-0.2, 0) is 23.1 Å². The molecule has 0 atom stereocenters. The highest BCUT2D eigenvalue weighted by atomic mass is 35.5. The summed E-state index contributed by atoms with van der Waals surface area (Å²) in [5.74, 6) is 0.519. The highest BCUT2D eigenvalue weighted by Crippen LogP contribution is 2.23. The summed E-state index contributed by atoms with van der Waals surface area (Å²) in [5.41, 5.74) is 2.34. The van der Waals surface area contributed by atoms with Gasteiger partial charge in [-0.2, -0.15) is 4.98 Å². The second-order valence-corrected chi connectivity index (χ2v) is 10.6. The second-order valence-electron chi connectivity index (χ2n) is 7.41. The Kier molecular flexibility index (Phi) is 6.05. The highest BCUT2D eigenvalue weighted by molar-refractivity contribution is 7.89. The van der Waals surface area contributed by atoms with Crippen LogP contribution in [0.25, 0.3) is 21.6 Å². The summed E-state index contributed by atoms with van der Waals surface area (Å²) >= 11 is 6.93. The zero-order valence-electron chi connectivity index (χ0n) is 17.5. The third-order valence-electron chi connectivity index (χ3n) is 5.12. The molecule has 0 aliphatic heterocycles. The molecule has 0 bridgehead atoms. The second kappa shape index (κ2) is 9.15. The molecule has 0 saturated carbocycles. The third kappa shape index (κ3) is 4.66. The Balaban J connectivity index is 1.35. The first kappa shape index (κ1) is 22.5. The van der Waals surface area contributed by atoms with E-state index in [1.54, 1.807) is 22.8 Å². The highest BCUT2D eigenvalue weighted by Gasteiger charge is 2.19. The van der Waals surface area contributed by atoms with Crippen LogP contribution in [0.3, 0.4) is 0 Å². The number of nitrogens with zero attached hydrogens (tertiary/aromatic N) is 3. The van der Waals surface area contributed by atoms with Crippen LogP contribution in [0, 0.1) is 0 Å². The van der Waals surface area contributed by atoms with Crippen molar-refractivity contribution < 1.29 is 12.9 Å². The van der Waals surface area contributed by atoms with Gasteiger partial charge in [-0.05, 0) is 35.9 Å². The first-order chi connectivity index (χ1) is 16.4. The molecule has 0 aliphatic rings. The van der Waals surface area contributed by atoms with Crippen molar-refractivity contribution in [3.05, 3.63) is 98.9 Å². The van der Waals surface area contributed by atoms with E-state index in [-0.39, 0.29) is 22.2 Å². The molecule has 5 rings (SSSR count). The van der Waals surface area contributed by atoms with Crippen molar-refractivity contribution in [2.24, 2.45) is 0 Å². The van der Waals surface area contributed by atoms with E-state index in [1.807, 2.05) is 42.5 Å². The molecule has 2 aromatic heterocycles. The van der Waals surface area contributed by atoms with E-state index in [1.165, 1.54) is 12.1 Å². The molecule has 0 amide bonds. The maximum atomic E-state index is 12.8. The van der Waals surface area contributed by atoms with E-state index in [0.717, 1.165) is 22.5 Å². The van der Waals surface area contributed by atoms with Crippen LogP contribution in [0.4, 0.5) is 0 Å². The van der Waals surface area contributed by atoms with Gasteiger partial charge in [0.05, 0.1) is 28.2 Å². The molecular formula is C23H17ClN4O4S2. The van der Waals surface area contributed by atoms with Gasteiger partial charge in [0, 0.05) is 10.6 Å². The van der Waals surface area contributed by atoms with Crippen molar-refractivity contribution in [3.8, 4) is 11.4 Å². The van der Waals surface area contributed by atoms with Gasteiger partial charge in [-0.1, -0.05) is 70.6 Å². The van der Waals surface area contributed by atoms with Crippen LogP contribution in [-0.4, -0.2) is 23.1 Å². The van der Waals surface area contributed by atoms with Gasteiger partial charge < -0.3 is 4.52 Å². The smallest absolute Gasteiger partial charge is 0.308 e. The maximum Gasteiger partial charge on any atom is 0.308 e. The minimum Gasteiger partial charge on any atom is -0.338 e. The molecule has 11 heteroatoms. The number of hydrogen-bond acceptors (Lipinski definition) is 7. The molecule has 1 N–H and O–H groups in total. The van der Waals surface area contributed by atoms with Crippen molar-refractivity contribution in [2.45, 2.75) is 18.0 Å². The van der Waals surface area contributed by atoms with Gasteiger partial charge >= 0.3 is 4.87 Å². The summed E-state index contributed by atoms with van der Waals surface area (Å²) in [7, 11) is -3.87. The largest absolute Gasteiger partial charge is 0.338 e. The third-order valence-corrected chi connectivity index (χ3v) is 7.71. The minimum atomic E-state index is -3.87.